The number of hydrogen-bond donors (Lipinski definition) is 2. The maximum atomic E-state index is 11.0. The van der Waals surface area contributed by atoms with Crippen molar-refractivity contribution in [3.05, 3.63) is 41.5 Å². The minimum atomic E-state index is -1.17. The van der Waals surface area contributed by atoms with Gasteiger partial charge in [-0.1, -0.05) is 10.4 Å². The van der Waals surface area contributed by atoms with Crippen molar-refractivity contribution in [1.82, 2.24) is 20.2 Å². The van der Waals surface area contributed by atoms with Crippen molar-refractivity contribution in [2.24, 2.45) is 5.73 Å². The predicted octanol–water partition coefficient (Wildman–Crippen LogP) is 0.731. The van der Waals surface area contributed by atoms with Gasteiger partial charge < -0.3 is 19.8 Å². The van der Waals surface area contributed by atoms with Crippen LogP contribution in [0.5, 0.6) is 0 Å². The Morgan fingerprint density at radius 1 is 1.43 bits per heavy atom. The number of nitrogens with zero attached hydrogens (tertiary/aromatic N) is 4. The molecule has 3 aromatic heterocycles. The van der Waals surface area contributed by atoms with Crippen LogP contribution >= 0.6 is 0 Å². The molecule has 108 valence electrons. The molecule has 0 atom stereocenters. The molecule has 9 nitrogen and oxygen atoms in total. The highest BCUT2D eigenvalue weighted by Gasteiger charge is 2.19. The van der Waals surface area contributed by atoms with Crippen LogP contribution in [-0.4, -0.2) is 31.2 Å². The SMILES string of the molecule is NCc1c(C(=O)O)nnn1Cc1cc(-c2ccco2)on1. The molecule has 0 saturated carbocycles. The van der Waals surface area contributed by atoms with Gasteiger partial charge in [-0.15, -0.1) is 5.10 Å². The molecule has 3 aromatic rings. The Morgan fingerprint density at radius 3 is 2.95 bits per heavy atom. The summed E-state index contributed by atoms with van der Waals surface area (Å²) in [5.41, 5.74) is 6.26. The molecular weight excluding hydrogens is 278 g/mol. The molecule has 3 rings (SSSR count). The largest absolute Gasteiger partial charge is 0.476 e. The highest BCUT2D eigenvalue weighted by molar-refractivity contribution is 5.86. The zero-order chi connectivity index (χ0) is 14.8. The minimum Gasteiger partial charge on any atom is -0.476 e. The third-order valence-corrected chi connectivity index (χ3v) is 2.87. The number of carbonyl (C=O) groups is 1. The van der Waals surface area contributed by atoms with Crippen molar-refractivity contribution in [3.63, 3.8) is 0 Å². The van der Waals surface area contributed by atoms with Crippen molar-refractivity contribution in [3.8, 4) is 11.5 Å². The number of furan rings is 1. The first-order valence-electron chi connectivity index (χ1n) is 6.04. The molecule has 0 bridgehead atoms. The van der Waals surface area contributed by atoms with Gasteiger partial charge in [-0.2, -0.15) is 0 Å². The Morgan fingerprint density at radius 2 is 2.29 bits per heavy atom. The van der Waals surface area contributed by atoms with Crippen LogP contribution in [0.25, 0.3) is 11.5 Å². The number of hydrogen-bond acceptors (Lipinski definition) is 7. The normalized spacial score (nSPS) is 10.9. The van der Waals surface area contributed by atoms with E-state index in [0.717, 1.165) is 0 Å². The summed E-state index contributed by atoms with van der Waals surface area (Å²) in [6, 6.07) is 5.16. The van der Waals surface area contributed by atoms with Crippen LogP contribution in [0.3, 0.4) is 0 Å². The average Bonchev–Trinajstić information content (AvgIpc) is 3.18. The van der Waals surface area contributed by atoms with E-state index in [1.54, 1.807) is 18.2 Å². The fraction of sp³-hybridized carbons (Fsp3) is 0.167. The van der Waals surface area contributed by atoms with Gasteiger partial charge in [0.2, 0.25) is 5.76 Å². The van der Waals surface area contributed by atoms with Crippen molar-refractivity contribution in [2.45, 2.75) is 13.1 Å². The van der Waals surface area contributed by atoms with Crippen LogP contribution in [-0.2, 0) is 13.1 Å². The van der Waals surface area contributed by atoms with Crippen LogP contribution in [0.4, 0.5) is 0 Å². The number of carboxylic acids is 1. The first kappa shape index (κ1) is 13.1. The first-order chi connectivity index (χ1) is 10.2. The lowest BCUT2D eigenvalue weighted by molar-refractivity contribution is 0.0689. The summed E-state index contributed by atoms with van der Waals surface area (Å²) in [5.74, 6) is -0.140. The quantitative estimate of drug-likeness (QED) is 0.702. The summed E-state index contributed by atoms with van der Waals surface area (Å²) in [6.45, 7) is 0.217. The zero-order valence-electron chi connectivity index (χ0n) is 10.8. The van der Waals surface area contributed by atoms with Gasteiger partial charge in [0.05, 0.1) is 18.5 Å². The predicted molar refractivity (Wildman–Crippen MR) is 68.2 cm³/mol. The Labute approximate surface area is 117 Å². The van der Waals surface area contributed by atoms with Gasteiger partial charge >= 0.3 is 5.97 Å². The van der Waals surface area contributed by atoms with E-state index >= 15 is 0 Å². The standard InChI is InChI=1S/C12H11N5O4/c13-5-8-11(12(18)19)14-16-17(8)6-7-4-10(21-15-7)9-2-1-3-20-9/h1-4H,5-6,13H2,(H,18,19). The van der Waals surface area contributed by atoms with Crippen molar-refractivity contribution in [2.75, 3.05) is 0 Å². The van der Waals surface area contributed by atoms with E-state index in [9.17, 15) is 4.79 Å². The summed E-state index contributed by atoms with van der Waals surface area (Å²) in [5, 5.41) is 20.2. The number of rotatable bonds is 5. The van der Waals surface area contributed by atoms with E-state index in [2.05, 4.69) is 15.5 Å². The summed E-state index contributed by atoms with van der Waals surface area (Å²) in [7, 11) is 0. The Hall–Kier alpha value is -2.94. The zero-order valence-corrected chi connectivity index (χ0v) is 10.8. The summed E-state index contributed by atoms with van der Waals surface area (Å²) in [4.78, 5) is 11.0. The molecule has 0 saturated heterocycles. The molecule has 0 spiro atoms. The van der Waals surface area contributed by atoms with Crippen LogP contribution < -0.4 is 5.73 Å². The van der Waals surface area contributed by atoms with Crippen LogP contribution in [0.15, 0.2) is 33.4 Å². The van der Waals surface area contributed by atoms with Gasteiger partial charge in [0.1, 0.15) is 5.69 Å². The topological polar surface area (TPSA) is 133 Å². The first-order valence-corrected chi connectivity index (χ1v) is 6.04. The van der Waals surface area contributed by atoms with Gasteiger partial charge in [-0.3, -0.25) is 0 Å². The molecule has 0 amide bonds. The highest BCUT2D eigenvalue weighted by atomic mass is 16.5. The Kier molecular flexibility index (Phi) is 3.24. The molecule has 0 aliphatic rings. The molecule has 21 heavy (non-hydrogen) atoms. The maximum absolute atomic E-state index is 11.0. The fourth-order valence-electron chi connectivity index (χ4n) is 1.90. The van der Waals surface area contributed by atoms with Gasteiger partial charge in [0.25, 0.3) is 0 Å². The second-order valence-electron chi connectivity index (χ2n) is 4.21. The molecule has 3 heterocycles. The van der Waals surface area contributed by atoms with E-state index in [-0.39, 0.29) is 18.8 Å². The Balaban J connectivity index is 1.86. The number of aromatic carboxylic acids is 1. The smallest absolute Gasteiger partial charge is 0.358 e. The molecule has 0 aliphatic heterocycles. The van der Waals surface area contributed by atoms with E-state index in [1.165, 1.54) is 10.9 Å². The van der Waals surface area contributed by atoms with E-state index in [0.29, 0.717) is 22.9 Å². The van der Waals surface area contributed by atoms with Crippen LogP contribution in [0.2, 0.25) is 0 Å². The highest BCUT2D eigenvalue weighted by Crippen LogP contribution is 2.21. The maximum Gasteiger partial charge on any atom is 0.358 e. The molecular formula is C12H11N5O4. The average molecular weight is 289 g/mol. The Bertz CT molecular complexity index is 759. The second kappa shape index (κ2) is 5.21. The lowest BCUT2D eigenvalue weighted by Crippen LogP contribution is -2.13. The third-order valence-electron chi connectivity index (χ3n) is 2.87. The molecule has 0 aliphatic carbocycles. The minimum absolute atomic E-state index is 0.0114. The third kappa shape index (κ3) is 2.41. The molecule has 9 heteroatoms. The summed E-state index contributed by atoms with van der Waals surface area (Å²) < 4.78 is 11.7. The molecule has 0 unspecified atom stereocenters. The van der Waals surface area contributed by atoms with Crippen molar-refractivity contribution < 1.29 is 18.8 Å². The fourth-order valence-corrected chi connectivity index (χ4v) is 1.90. The number of aromatic nitrogens is 4. The lowest BCUT2D eigenvalue weighted by Gasteiger charge is -2.01. The van der Waals surface area contributed by atoms with Crippen molar-refractivity contribution in [1.29, 1.82) is 0 Å². The summed E-state index contributed by atoms with van der Waals surface area (Å²) in [6.07, 6.45) is 1.53. The molecule has 0 aromatic carbocycles. The number of carboxylic acid groups (broad SMARTS) is 1. The molecule has 0 radical (unpaired) electrons. The second-order valence-corrected chi connectivity index (χ2v) is 4.21. The van der Waals surface area contributed by atoms with Gasteiger partial charge in [-0.05, 0) is 12.1 Å². The van der Waals surface area contributed by atoms with E-state index in [4.69, 9.17) is 19.8 Å². The van der Waals surface area contributed by atoms with E-state index < -0.39 is 5.97 Å². The van der Waals surface area contributed by atoms with Crippen molar-refractivity contribution >= 4 is 5.97 Å². The van der Waals surface area contributed by atoms with Crippen LogP contribution in [0, 0.1) is 0 Å². The van der Waals surface area contributed by atoms with Crippen LogP contribution in [0.1, 0.15) is 21.9 Å². The monoisotopic (exact) mass is 289 g/mol. The number of nitrogens with two attached hydrogens (primary N) is 1. The summed E-state index contributed by atoms with van der Waals surface area (Å²) >= 11 is 0. The van der Waals surface area contributed by atoms with Gasteiger partial charge in [0.15, 0.2) is 11.5 Å². The van der Waals surface area contributed by atoms with Gasteiger partial charge in [-0.25, -0.2) is 9.48 Å². The van der Waals surface area contributed by atoms with E-state index in [1.807, 2.05) is 0 Å². The molecule has 0 fully saturated rings. The lowest BCUT2D eigenvalue weighted by atomic mass is 10.3. The van der Waals surface area contributed by atoms with Gasteiger partial charge in [0, 0.05) is 12.6 Å². The molecule has 3 N–H and O–H groups in total.